The van der Waals surface area contributed by atoms with Crippen molar-refractivity contribution in [2.75, 3.05) is 31.1 Å². The van der Waals surface area contributed by atoms with Gasteiger partial charge in [-0.2, -0.15) is 13.7 Å². The topological polar surface area (TPSA) is 150 Å². The van der Waals surface area contributed by atoms with Gasteiger partial charge in [-0.15, -0.1) is 0 Å². The van der Waals surface area contributed by atoms with E-state index >= 15 is 0 Å². The number of anilines is 1. The summed E-state index contributed by atoms with van der Waals surface area (Å²) in [5.41, 5.74) is 0.527. The van der Waals surface area contributed by atoms with Gasteiger partial charge in [-0.1, -0.05) is 11.3 Å². The Bertz CT molecular complexity index is 1440. The molecule has 4 heterocycles. The van der Waals surface area contributed by atoms with Crippen LogP contribution in [-0.2, 0) is 10.0 Å². The Balaban J connectivity index is 1.40. The molecular weight excluding hydrogens is 434 g/mol. The number of aromatic nitrogens is 4. The molecule has 4 aromatic rings. The van der Waals surface area contributed by atoms with Gasteiger partial charge in [-0.05, 0) is 23.1 Å². The molecule has 0 aliphatic carbocycles. The molecule has 5 rings (SSSR count). The van der Waals surface area contributed by atoms with Gasteiger partial charge in [-0.25, -0.2) is 13.2 Å². The lowest BCUT2D eigenvalue weighted by Crippen LogP contribution is -2.48. The van der Waals surface area contributed by atoms with E-state index in [9.17, 15) is 23.3 Å². The fraction of sp³-hybridized carbons (Fsp3) is 0.250. The molecular formula is C16H15N7O5S2. The summed E-state index contributed by atoms with van der Waals surface area (Å²) in [7, 11) is -3.78. The van der Waals surface area contributed by atoms with E-state index in [-0.39, 0.29) is 42.7 Å². The molecule has 2 N–H and O–H groups in total. The first kappa shape index (κ1) is 18.8. The summed E-state index contributed by atoms with van der Waals surface area (Å²) in [4.78, 5) is 34.3. The second-order valence-electron chi connectivity index (χ2n) is 6.75. The highest BCUT2D eigenvalue weighted by Gasteiger charge is 2.33. The van der Waals surface area contributed by atoms with E-state index in [0.717, 1.165) is 0 Å². The Morgan fingerprint density at radius 2 is 1.87 bits per heavy atom. The normalized spacial score (nSPS) is 15.9. The van der Waals surface area contributed by atoms with E-state index in [1.807, 2.05) is 0 Å². The second-order valence-corrected chi connectivity index (χ2v) is 9.56. The van der Waals surface area contributed by atoms with Crippen LogP contribution in [0.2, 0.25) is 0 Å². The third-order valence-corrected chi connectivity index (χ3v) is 7.71. The minimum Gasteiger partial charge on any atom is -0.358 e. The molecule has 0 amide bonds. The first-order valence-corrected chi connectivity index (χ1v) is 11.2. The van der Waals surface area contributed by atoms with Crippen LogP contribution in [0.5, 0.6) is 0 Å². The van der Waals surface area contributed by atoms with E-state index in [0.29, 0.717) is 16.0 Å². The number of aromatic amines is 2. The predicted octanol–water partition coefficient (Wildman–Crippen LogP) is 0.984. The zero-order chi connectivity index (χ0) is 21.0. The molecule has 1 aliphatic heterocycles. The Morgan fingerprint density at radius 3 is 2.60 bits per heavy atom. The van der Waals surface area contributed by atoms with Gasteiger partial charge in [0.15, 0.2) is 0 Å². The summed E-state index contributed by atoms with van der Waals surface area (Å²) >= 11 is 1.30. The van der Waals surface area contributed by atoms with Crippen molar-refractivity contribution in [3.8, 4) is 0 Å². The molecule has 0 spiro atoms. The number of rotatable bonds is 4. The average Bonchev–Trinajstić information content (AvgIpc) is 3.39. The molecule has 1 fully saturated rings. The molecule has 14 heteroatoms. The number of sulfonamides is 1. The number of benzene rings is 1. The van der Waals surface area contributed by atoms with Crippen molar-refractivity contribution in [3.63, 3.8) is 0 Å². The number of piperazine rings is 1. The van der Waals surface area contributed by atoms with Crippen molar-refractivity contribution in [2.45, 2.75) is 4.90 Å². The maximum absolute atomic E-state index is 13.0. The van der Waals surface area contributed by atoms with Gasteiger partial charge < -0.3 is 25.0 Å². The number of nitrogens with one attached hydrogen (secondary N) is 2. The molecule has 156 valence electrons. The summed E-state index contributed by atoms with van der Waals surface area (Å²) in [5, 5.41) is 13.3. The van der Waals surface area contributed by atoms with Crippen molar-refractivity contribution >= 4 is 49.0 Å². The largest absolute Gasteiger partial charge is 0.373 e. The van der Waals surface area contributed by atoms with Crippen molar-refractivity contribution in [2.24, 2.45) is 0 Å². The third-order valence-electron chi connectivity index (χ3n) is 5.06. The van der Waals surface area contributed by atoms with Gasteiger partial charge in [0.05, 0.1) is 15.9 Å². The number of nitro groups is 1. The summed E-state index contributed by atoms with van der Waals surface area (Å²) < 4.78 is 28.8. The zero-order valence-electron chi connectivity index (χ0n) is 15.3. The zero-order valence-corrected chi connectivity index (χ0v) is 16.9. The fourth-order valence-electron chi connectivity index (χ4n) is 3.61. The van der Waals surface area contributed by atoms with Gasteiger partial charge in [0.2, 0.25) is 15.8 Å². The number of hydrogen-bond donors (Lipinski definition) is 2. The molecule has 1 aliphatic rings. The lowest BCUT2D eigenvalue weighted by molar-refractivity contribution is -0.389. The highest BCUT2D eigenvalue weighted by atomic mass is 32.2. The minimum absolute atomic E-state index is 0.0761. The van der Waals surface area contributed by atoms with E-state index in [4.69, 9.17) is 0 Å². The van der Waals surface area contributed by atoms with E-state index in [1.54, 1.807) is 16.5 Å². The van der Waals surface area contributed by atoms with Gasteiger partial charge in [0.25, 0.3) is 4.96 Å². The number of imidazole rings is 2. The van der Waals surface area contributed by atoms with Crippen molar-refractivity contribution in [1.29, 1.82) is 0 Å². The van der Waals surface area contributed by atoms with Crippen LogP contribution in [0.4, 0.5) is 11.6 Å². The highest BCUT2D eigenvalue weighted by molar-refractivity contribution is 7.89. The number of hydrogen-bond acceptors (Lipinski definition) is 8. The third kappa shape index (κ3) is 2.88. The molecule has 0 bridgehead atoms. The van der Waals surface area contributed by atoms with Crippen LogP contribution >= 0.6 is 11.3 Å². The Labute approximate surface area is 172 Å². The second kappa shape index (κ2) is 6.65. The first-order chi connectivity index (χ1) is 14.3. The number of fused-ring (bicyclic) bond motifs is 2. The first-order valence-electron chi connectivity index (χ1n) is 8.92. The quantitative estimate of drug-likeness (QED) is 0.348. The van der Waals surface area contributed by atoms with Crippen LogP contribution in [-0.4, -0.2) is 63.2 Å². The molecule has 1 saturated heterocycles. The lowest BCUT2D eigenvalue weighted by atomic mass is 10.3. The molecule has 12 nitrogen and oxygen atoms in total. The van der Waals surface area contributed by atoms with Crippen LogP contribution in [0.25, 0.3) is 16.0 Å². The Hall–Kier alpha value is -3.23. The number of H-pyrrole nitrogens is 2. The van der Waals surface area contributed by atoms with E-state index in [2.05, 4.69) is 15.0 Å². The van der Waals surface area contributed by atoms with Crippen LogP contribution in [0.1, 0.15) is 0 Å². The average molecular weight is 449 g/mol. The molecule has 30 heavy (non-hydrogen) atoms. The summed E-state index contributed by atoms with van der Waals surface area (Å²) in [6.45, 7) is 0.862. The monoisotopic (exact) mass is 449 g/mol. The van der Waals surface area contributed by atoms with Gasteiger partial charge >= 0.3 is 11.5 Å². The Morgan fingerprint density at radius 1 is 1.13 bits per heavy atom. The van der Waals surface area contributed by atoms with Crippen LogP contribution in [0.15, 0.2) is 39.5 Å². The van der Waals surface area contributed by atoms with Gasteiger partial charge in [0, 0.05) is 31.6 Å². The molecule has 0 saturated carbocycles. The fourth-order valence-corrected chi connectivity index (χ4v) is 5.76. The Kier molecular flexibility index (Phi) is 4.16. The summed E-state index contributed by atoms with van der Waals surface area (Å²) in [5.74, 6) is 0.125. The summed E-state index contributed by atoms with van der Waals surface area (Å²) in [6, 6.07) is 4.41. The van der Waals surface area contributed by atoms with E-state index in [1.165, 1.54) is 38.2 Å². The van der Waals surface area contributed by atoms with Gasteiger partial charge in [0.1, 0.15) is 6.20 Å². The van der Waals surface area contributed by atoms with Crippen LogP contribution in [0, 0.1) is 10.1 Å². The van der Waals surface area contributed by atoms with E-state index < -0.39 is 20.6 Å². The van der Waals surface area contributed by atoms with Crippen LogP contribution < -0.4 is 10.6 Å². The SMILES string of the molecule is O=c1[nH]c2ccc(S(=O)(=O)N3CCN(c4nc5sccn5c4[N+](=O)[O-])CC3)cc2[nH]1. The molecule has 1 aromatic carbocycles. The van der Waals surface area contributed by atoms with Crippen molar-refractivity contribution < 1.29 is 13.3 Å². The highest BCUT2D eigenvalue weighted by Crippen LogP contribution is 2.32. The van der Waals surface area contributed by atoms with Crippen molar-refractivity contribution in [1.82, 2.24) is 23.7 Å². The molecule has 0 atom stereocenters. The predicted molar refractivity (Wildman–Crippen MR) is 110 cm³/mol. The molecule has 0 unspecified atom stereocenters. The standard InChI is InChI=1S/C16H15N7O5S2/c24-15-17-11-2-1-10(9-12(11)18-15)30(27,28)21-5-3-20(4-6-21)13-14(23(25)26)22-7-8-29-16(22)19-13/h1-2,7-9H,3-6H2,(H2,17,18,24). The molecule has 3 aromatic heterocycles. The minimum atomic E-state index is -3.78. The maximum Gasteiger partial charge on any atom is 0.373 e. The molecule has 0 radical (unpaired) electrons. The smallest absolute Gasteiger partial charge is 0.358 e. The number of thiazole rings is 1. The maximum atomic E-state index is 13.0. The lowest BCUT2D eigenvalue weighted by Gasteiger charge is -2.33. The number of nitrogens with zero attached hydrogens (tertiary/aromatic N) is 5. The summed E-state index contributed by atoms with van der Waals surface area (Å²) in [6.07, 6.45) is 1.59. The van der Waals surface area contributed by atoms with Crippen molar-refractivity contribution in [3.05, 3.63) is 50.4 Å². The van der Waals surface area contributed by atoms with Gasteiger partial charge in [-0.3, -0.25) is 0 Å². The van der Waals surface area contributed by atoms with Crippen LogP contribution in [0.3, 0.4) is 0 Å².